The van der Waals surface area contributed by atoms with Crippen molar-refractivity contribution < 1.29 is 18.0 Å². The van der Waals surface area contributed by atoms with Crippen LogP contribution in [-0.2, 0) is 21.2 Å². The molecule has 1 N–H and O–H groups in total. The summed E-state index contributed by atoms with van der Waals surface area (Å²) in [4.78, 5) is 25.9. The van der Waals surface area contributed by atoms with Crippen molar-refractivity contribution in [2.75, 3.05) is 11.5 Å². The van der Waals surface area contributed by atoms with Crippen LogP contribution in [0.4, 0.5) is 4.79 Å². The minimum Gasteiger partial charge on any atom is -0.323 e. The maximum Gasteiger partial charge on any atom is 0.325 e. The highest BCUT2D eigenvalue weighted by atomic mass is 35.5. The molecule has 0 unspecified atom stereocenters. The highest BCUT2D eigenvalue weighted by Crippen LogP contribution is 2.32. The van der Waals surface area contributed by atoms with E-state index in [4.69, 9.17) is 23.2 Å². The number of halogens is 2. The van der Waals surface area contributed by atoms with Crippen molar-refractivity contribution in [3.8, 4) is 0 Å². The van der Waals surface area contributed by atoms with Gasteiger partial charge in [0.15, 0.2) is 9.84 Å². The molecule has 2 fully saturated rings. The number of rotatable bonds is 2. The number of amides is 3. The summed E-state index contributed by atoms with van der Waals surface area (Å²) < 4.78 is 23.1. The van der Waals surface area contributed by atoms with Crippen LogP contribution in [-0.4, -0.2) is 42.3 Å². The summed E-state index contributed by atoms with van der Waals surface area (Å²) >= 11 is 11.9. The zero-order valence-electron chi connectivity index (χ0n) is 12.0. The van der Waals surface area contributed by atoms with Crippen LogP contribution in [0.25, 0.3) is 0 Å². The molecule has 2 aliphatic rings. The number of carbonyl (C=O) groups is 2. The van der Waals surface area contributed by atoms with Gasteiger partial charge in [-0.15, -0.1) is 0 Å². The fraction of sp³-hybridized carbons (Fsp3) is 0.429. The van der Waals surface area contributed by atoms with E-state index in [1.165, 1.54) is 0 Å². The number of nitrogens with one attached hydrogen (secondary N) is 1. The van der Waals surface area contributed by atoms with E-state index in [0.717, 1.165) is 4.90 Å². The Hall–Kier alpha value is -1.31. The first-order valence-electron chi connectivity index (χ1n) is 7.01. The van der Waals surface area contributed by atoms with E-state index in [0.29, 0.717) is 15.6 Å². The maximum atomic E-state index is 12.7. The molecular formula is C14H14Cl2N2O4S. The van der Waals surface area contributed by atoms with Gasteiger partial charge >= 0.3 is 6.03 Å². The van der Waals surface area contributed by atoms with E-state index in [2.05, 4.69) is 5.32 Å². The minimum absolute atomic E-state index is 0.0230. The van der Waals surface area contributed by atoms with Crippen LogP contribution in [0.5, 0.6) is 0 Å². The second-order valence-electron chi connectivity index (χ2n) is 5.79. The molecule has 0 saturated carbocycles. The number of imide groups is 1. The standard InChI is InChI=1S/C14H14Cl2N2O4S/c15-10-2-1-9(11(16)7-10)8-18-12(19)14(17-13(18)20)3-5-23(21,22)6-4-14/h1-2,7H,3-6,8H2,(H,17,20). The first kappa shape index (κ1) is 16.5. The van der Waals surface area contributed by atoms with Gasteiger partial charge in [0.2, 0.25) is 0 Å². The monoisotopic (exact) mass is 376 g/mol. The van der Waals surface area contributed by atoms with Gasteiger partial charge in [0.1, 0.15) is 5.54 Å². The van der Waals surface area contributed by atoms with Crippen LogP contribution in [0.1, 0.15) is 18.4 Å². The van der Waals surface area contributed by atoms with Crippen LogP contribution in [0.15, 0.2) is 18.2 Å². The zero-order valence-corrected chi connectivity index (χ0v) is 14.3. The Balaban J connectivity index is 1.82. The number of carbonyl (C=O) groups excluding carboxylic acids is 2. The van der Waals surface area contributed by atoms with Crippen molar-refractivity contribution in [2.45, 2.75) is 24.9 Å². The van der Waals surface area contributed by atoms with E-state index < -0.39 is 27.3 Å². The van der Waals surface area contributed by atoms with E-state index in [1.807, 2.05) is 0 Å². The molecule has 1 aromatic carbocycles. The second-order valence-corrected chi connectivity index (χ2v) is 8.94. The molecule has 3 amide bonds. The molecule has 0 bridgehead atoms. The normalized spacial score (nSPS) is 22.4. The van der Waals surface area contributed by atoms with Gasteiger partial charge in [0.25, 0.3) is 5.91 Å². The average molecular weight is 377 g/mol. The summed E-state index contributed by atoms with van der Waals surface area (Å²) in [6.07, 6.45) is 0.204. The van der Waals surface area contributed by atoms with Gasteiger partial charge < -0.3 is 5.32 Å². The van der Waals surface area contributed by atoms with Gasteiger partial charge in [-0.2, -0.15) is 0 Å². The number of sulfone groups is 1. The third-order valence-corrected chi connectivity index (χ3v) is 6.51. The molecule has 0 atom stereocenters. The quantitative estimate of drug-likeness (QED) is 0.799. The van der Waals surface area contributed by atoms with Crippen molar-refractivity contribution in [2.24, 2.45) is 0 Å². The number of urea groups is 1. The Bertz CT molecular complexity index is 780. The van der Waals surface area contributed by atoms with Crippen molar-refractivity contribution in [1.82, 2.24) is 10.2 Å². The van der Waals surface area contributed by atoms with E-state index in [9.17, 15) is 18.0 Å². The SMILES string of the molecule is O=C1NC2(CCS(=O)(=O)CC2)C(=O)N1Cc1ccc(Cl)cc1Cl. The molecule has 6 nitrogen and oxygen atoms in total. The Morgan fingerprint density at radius 3 is 2.43 bits per heavy atom. The van der Waals surface area contributed by atoms with Crippen molar-refractivity contribution in [3.05, 3.63) is 33.8 Å². The second kappa shape index (κ2) is 5.65. The van der Waals surface area contributed by atoms with Gasteiger partial charge in [-0.25, -0.2) is 13.2 Å². The summed E-state index contributed by atoms with van der Waals surface area (Å²) in [5.74, 6) is -0.605. The Morgan fingerprint density at radius 1 is 1.17 bits per heavy atom. The summed E-state index contributed by atoms with van der Waals surface area (Å²) in [7, 11) is -3.13. The number of benzene rings is 1. The molecule has 0 radical (unpaired) electrons. The molecule has 1 spiro atoms. The molecule has 124 valence electrons. The first-order valence-corrected chi connectivity index (χ1v) is 9.59. The smallest absolute Gasteiger partial charge is 0.323 e. The predicted molar refractivity (Wildman–Crippen MR) is 86.2 cm³/mol. The summed E-state index contributed by atoms with van der Waals surface area (Å²) in [5.41, 5.74) is -0.513. The van der Waals surface area contributed by atoms with Crippen molar-refractivity contribution in [3.63, 3.8) is 0 Å². The fourth-order valence-electron chi connectivity index (χ4n) is 2.87. The Labute approximate surface area is 143 Å². The summed E-state index contributed by atoms with van der Waals surface area (Å²) in [6, 6.07) is 4.30. The Kier molecular flexibility index (Phi) is 4.06. The van der Waals surface area contributed by atoms with Crippen LogP contribution in [0, 0.1) is 0 Å². The lowest BCUT2D eigenvalue weighted by atomic mass is 9.92. The van der Waals surface area contributed by atoms with Crippen molar-refractivity contribution in [1.29, 1.82) is 0 Å². The van der Waals surface area contributed by atoms with Gasteiger partial charge in [0.05, 0.1) is 18.1 Å². The van der Waals surface area contributed by atoms with Crippen LogP contribution in [0.3, 0.4) is 0 Å². The van der Waals surface area contributed by atoms with Gasteiger partial charge in [-0.3, -0.25) is 9.69 Å². The maximum absolute atomic E-state index is 12.7. The molecule has 2 heterocycles. The van der Waals surface area contributed by atoms with Gasteiger partial charge in [-0.05, 0) is 30.5 Å². The molecular weight excluding hydrogens is 363 g/mol. The van der Waals surface area contributed by atoms with E-state index >= 15 is 0 Å². The lowest BCUT2D eigenvalue weighted by Gasteiger charge is -2.30. The molecule has 2 saturated heterocycles. The third-order valence-electron chi connectivity index (χ3n) is 4.27. The zero-order chi connectivity index (χ0) is 16.8. The van der Waals surface area contributed by atoms with Gasteiger partial charge in [-0.1, -0.05) is 29.3 Å². The average Bonchev–Trinajstić information content (AvgIpc) is 2.70. The van der Waals surface area contributed by atoms with E-state index in [-0.39, 0.29) is 30.9 Å². The number of hydrogen-bond donors (Lipinski definition) is 1. The molecule has 1 aromatic rings. The molecule has 9 heteroatoms. The van der Waals surface area contributed by atoms with Crippen LogP contribution in [0.2, 0.25) is 10.0 Å². The third kappa shape index (κ3) is 3.05. The molecule has 23 heavy (non-hydrogen) atoms. The van der Waals surface area contributed by atoms with Crippen LogP contribution >= 0.6 is 23.2 Å². The number of hydrogen-bond acceptors (Lipinski definition) is 4. The van der Waals surface area contributed by atoms with Crippen molar-refractivity contribution >= 4 is 45.0 Å². The predicted octanol–water partition coefficient (Wildman–Crippen LogP) is 1.99. The Morgan fingerprint density at radius 2 is 1.83 bits per heavy atom. The summed E-state index contributed by atoms with van der Waals surface area (Å²) in [5, 5.41) is 3.49. The molecule has 0 aromatic heterocycles. The van der Waals surface area contributed by atoms with Gasteiger partial charge in [0, 0.05) is 10.0 Å². The van der Waals surface area contributed by atoms with E-state index in [1.54, 1.807) is 18.2 Å². The van der Waals surface area contributed by atoms with Crippen LogP contribution < -0.4 is 5.32 Å². The highest BCUT2D eigenvalue weighted by molar-refractivity contribution is 7.91. The lowest BCUT2D eigenvalue weighted by molar-refractivity contribution is -0.132. The molecule has 2 aliphatic heterocycles. The largest absolute Gasteiger partial charge is 0.325 e. The summed E-state index contributed by atoms with van der Waals surface area (Å²) in [6.45, 7) is 0.0230. The minimum atomic E-state index is -3.13. The number of nitrogens with zero attached hydrogens (tertiary/aromatic N) is 1. The molecule has 0 aliphatic carbocycles. The first-order chi connectivity index (χ1) is 10.7. The fourth-order valence-corrected chi connectivity index (χ4v) is 4.86. The lowest BCUT2D eigenvalue weighted by Crippen LogP contribution is -2.52. The topological polar surface area (TPSA) is 83.5 Å². The highest BCUT2D eigenvalue weighted by Gasteiger charge is 2.53. The molecule has 3 rings (SSSR count).